The van der Waals surface area contributed by atoms with Crippen LogP contribution in [0.2, 0.25) is 0 Å². The average molecular weight is 353 g/mol. The molecule has 0 saturated heterocycles. The summed E-state index contributed by atoms with van der Waals surface area (Å²) in [4.78, 5) is 13.1. The van der Waals surface area contributed by atoms with Gasteiger partial charge in [0, 0.05) is 16.3 Å². The van der Waals surface area contributed by atoms with Gasteiger partial charge in [-0.3, -0.25) is 0 Å². The number of anilines is 2. The monoisotopic (exact) mass is 353 g/mol. The minimum absolute atomic E-state index is 0.304. The van der Waals surface area contributed by atoms with Gasteiger partial charge < -0.3 is 10.0 Å². The molecule has 0 saturated carbocycles. The molecule has 0 aromatic heterocycles. The molecule has 2 aromatic rings. The van der Waals surface area contributed by atoms with Crippen LogP contribution in [-0.2, 0) is 0 Å². The summed E-state index contributed by atoms with van der Waals surface area (Å²) in [6, 6.07) is 14.9. The second kappa shape index (κ2) is 5.39. The topological polar surface area (TPSA) is 40.5 Å². The molecule has 2 rings (SSSR count). The van der Waals surface area contributed by atoms with E-state index in [2.05, 4.69) is 22.6 Å². The number of para-hydroxylation sites is 1. The van der Waals surface area contributed by atoms with Crippen LogP contribution in [0.1, 0.15) is 10.4 Å². The van der Waals surface area contributed by atoms with Gasteiger partial charge in [0.2, 0.25) is 0 Å². The number of carboxylic acid groups (broad SMARTS) is 1. The summed E-state index contributed by atoms with van der Waals surface area (Å²) < 4.78 is 1.15. The standard InChI is InChI=1S/C14H12INO2/c1-16(11-8-6-10(15)7-9-11)13-5-3-2-4-12(13)14(17)18/h2-9H,1H3,(H,17,18). The van der Waals surface area contributed by atoms with Gasteiger partial charge in [-0.05, 0) is 59.0 Å². The van der Waals surface area contributed by atoms with Crippen molar-refractivity contribution in [3.63, 3.8) is 0 Å². The van der Waals surface area contributed by atoms with Crippen molar-refractivity contribution in [3.8, 4) is 0 Å². The molecule has 0 radical (unpaired) electrons. The van der Waals surface area contributed by atoms with E-state index in [1.807, 2.05) is 42.3 Å². The highest BCUT2D eigenvalue weighted by Gasteiger charge is 2.13. The third kappa shape index (κ3) is 2.64. The minimum atomic E-state index is -0.914. The van der Waals surface area contributed by atoms with Crippen LogP contribution in [0, 0.1) is 3.57 Å². The molecule has 0 aliphatic heterocycles. The summed E-state index contributed by atoms with van der Waals surface area (Å²) >= 11 is 2.24. The Hall–Kier alpha value is -1.56. The summed E-state index contributed by atoms with van der Waals surface area (Å²) in [5, 5.41) is 9.18. The molecule has 1 N–H and O–H groups in total. The van der Waals surface area contributed by atoms with Crippen molar-refractivity contribution >= 4 is 39.9 Å². The molecular formula is C14H12INO2. The number of rotatable bonds is 3. The summed E-state index contributed by atoms with van der Waals surface area (Å²) in [6.07, 6.45) is 0. The van der Waals surface area contributed by atoms with Crippen molar-refractivity contribution in [1.29, 1.82) is 0 Å². The van der Waals surface area contributed by atoms with Crippen LogP contribution in [-0.4, -0.2) is 18.1 Å². The fourth-order valence-electron chi connectivity index (χ4n) is 1.75. The molecular weight excluding hydrogens is 341 g/mol. The van der Waals surface area contributed by atoms with E-state index in [-0.39, 0.29) is 0 Å². The number of aromatic carboxylic acids is 1. The molecule has 0 aliphatic carbocycles. The Morgan fingerprint density at radius 1 is 1.11 bits per heavy atom. The lowest BCUT2D eigenvalue weighted by Gasteiger charge is -2.21. The predicted molar refractivity (Wildman–Crippen MR) is 80.6 cm³/mol. The molecule has 18 heavy (non-hydrogen) atoms. The maximum Gasteiger partial charge on any atom is 0.337 e. The zero-order valence-electron chi connectivity index (χ0n) is 9.80. The number of halogens is 1. The zero-order valence-corrected chi connectivity index (χ0v) is 12.0. The summed E-state index contributed by atoms with van der Waals surface area (Å²) in [5.41, 5.74) is 1.95. The molecule has 0 unspecified atom stereocenters. The highest BCUT2D eigenvalue weighted by molar-refractivity contribution is 14.1. The van der Waals surface area contributed by atoms with Gasteiger partial charge in [-0.15, -0.1) is 0 Å². The van der Waals surface area contributed by atoms with E-state index >= 15 is 0 Å². The first-order valence-corrected chi connectivity index (χ1v) is 6.49. The van der Waals surface area contributed by atoms with E-state index < -0.39 is 5.97 Å². The van der Waals surface area contributed by atoms with Crippen molar-refractivity contribution < 1.29 is 9.90 Å². The molecule has 0 bridgehead atoms. The number of benzene rings is 2. The zero-order chi connectivity index (χ0) is 13.1. The van der Waals surface area contributed by atoms with Crippen molar-refractivity contribution in [2.45, 2.75) is 0 Å². The number of carbonyl (C=O) groups is 1. The van der Waals surface area contributed by atoms with Gasteiger partial charge in [0.05, 0.1) is 11.3 Å². The summed E-state index contributed by atoms with van der Waals surface area (Å²) in [7, 11) is 1.87. The first-order valence-electron chi connectivity index (χ1n) is 5.41. The fraction of sp³-hybridized carbons (Fsp3) is 0.0714. The number of nitrogens with zero attached hydrogens (tertiary/aromatic N) is 1. The maximum absolute atomic E-state index is 11.2. The number of hydrogen-bond donors (Lipinski definition) is 1. The second-order valence-electron chi connectivity index (χ2n) is 3.86. The van der Waals surface area contributed by atoms with E-state index in [1.54, 1.807) is 18.2 Å². The largest absolute Gasteiger partial charge is 0.478 e. The Morgan fingerprint density at radius 2 is 1.72 bits per heavy atom. The minimum Gasteiger partial charge on any atom is -0.478 e. The molecule has 4 heteroatoms. The van der Waals surface area contributed by atoms with Gasteiger partial charge in [-0.1, -0.05) is 12.1 Å². The van der Waals surface area contributed by atoms with Gasteiger partial charge in [0.15, 0.2) is 0 Å². The lowest BCUT2D eigenvalue weighted by Crippen LogP contribution is -2.13. The highest BCUT2D eigenvalue weighted by Crippen LogP contribution is 2.27. The molecule has 0 fully saturated rings. The van der Waals surface area contributed by atoms with Gasteiger partial charge in [0.25, 0.3) is 0 Å². The van der Waals surface area contributed by atoms with E-state index in [9.17, 15) is 9.90 Å². The molecule has 0 spiro atoms. The van der Waals surface area contributed by atoms with Crippen molar-refractivity contribution in [2.24, 2.45) is 0 Å². The highest BCUT2D eigenvalue weighted by atomic mass is 127. The Bertz CT molecular complexity index is 566. The van der Waals surface area contributed by atoms with Crippen LogP contribution in [0.3, 0.4) is 0 Å². The molecule has 0 atom stereocenters. The Morgan fingerprint density at radius 3 is 2.33 bits per heavy atom. The Kier molecular flexibility index (Phi) is 3.86. The Labute approximate surface area is 119 Å². The van der Waals surface area contributed by atoms with Crippen LogP contribution in [0.4, 0.5) is 11.4 Å². The Balaban J connectivity index is 2.42. The van der Waals surface area contributed by atoms with Crippen molar-refractivity contribution in [2.75, 3.05) is 11.9 Å². The molecule has 0 amide bonds. The quantitative estimate of drug-likeness (QED) is 0.855. The first kappa shape index (κ1) is 12.9. The van der Waals surface area contributed by atoms with E-state index in [0.29, 0.717) is 11.3 Å². The van der Waals surface area contributed by atoms with Crippen molar-refractivity contribution in [3.05, 3.63) is 57.7 Å². The normalized spacial score (nSPS) is 10.1. The van der Waals surface area contributed by atoms with E-state index in [1.165, 1.54) is 0 Å². The van der Waals surface area contributed by atoms with Crippen LogP contribution in [0.15, 0.2) is 48.5 Å². The molecule has 0 aliphatic rings. The fourth-order valence-corrected chi connectivity index (χ4v) is 2.11. The van der Waals surface area contributed by atoms with Crippen LogP contribution >= 0.6 is 22.6 Å². The summed E-state index contributed by atoms with van der Waals surface area (Å²) in [5.74, 6) is -0.914. The van der Waals surface area contributed by atoms with Gasteiger partial charge in [-0.2, -0.15) is 0 Å². The number of hydrogen-bond acceptors (Lipinski definition) is 2. The molecule has 0 heterocycles. The van der Waals surface area contributed by atoms with Gasteiger partial charge in [0.1, 0.15) is 0 Å². The SMILES string of the molecule is CN(c1ccc(I)cc1)c1ccccc1C(=O)O. The third-order valence-electron chi connectivity index (χ3n) is 2.71. The van der Waals surface area contributed by atoms with Crippen LogP contribution < -0.4 is 4.90 Å². The predicted octanol–water partition coefficient (Wildman–Crippen LogP) is 3.76. The second-order valence-corrected chi connectivity index (χ2v) is 5.10. The molecule has 2 aromatic carbocycles. The molecule has 92 valence electrons. The third-order valence-corrected chi connectivity index (χ3v) is 3.43. The first-order chi connectivity index (χ1) is 8.59. The smallest absolute Gasteiger partial charge is 0.337 e. The number of carboxylic acids is 1. The van der Waals surface area contributed by atoms with Crippen molar-refractivity contribution in [1.82, 2.24) is 0 Å². The van der Waals surface area contributed by atoms with Gasteiger partial charge in [-0.25, -0.2) is 4.79 Å². The lowest BCUT2D eigenvalue weighted by molar-refractivity contribution is 0.0697. The maximum atomic E-state index is 11.2. The van der Waals surface area contributed by atoms with E-state index in [0.717, 1.165) is 9.26 Å². The molecule has 3 nitrogen and oxygen atoms in total. The van der Waals surface area contributed by atoms with Crippen LogP contribution in [0.5, 0.6) is 0 Å². The van der Waals surface area contributed by atoms with E-state index in [4.69, 9.17) is 0 Å². The van der Waals surface area contributed by atoms with Gasteiger partial charge >= 0.3 is 5.97 Å². The van der Waals surface area contributed by atoms with Crippen LogP contribution in [0.25, 0.3) is 0 Å². The summed E-state index contributed by atoms with van der Waals surface area (Å²) in [6.45, 7) is 0. The average Bonchev–Trinajstić information content (AvgIpc) is 2.39. The lowest BCUT2D eigenvalue weighted by atomic mass is 10.1.